The second-order valence-electron chi connectivity index (χ2n) is 6.83. The molecule has 124 valence electrons. The van der Waals surface area contributed by atoms with Crippen LogP contribution in [0.1, 0.15) is 49.6 Å². The lowest BCUT2D eigenvalue weighted by Gasteiger charge is -2.38. The van der Waals surface area contributed by atoms with E-state index in [2.05, 4.69) is 41.0 Å². The van der Waals surface area contributed by atoms with Crippen LogP contribution in [-0.4, -0.2) is 43.1 Å². The second kappa shape index (κ2) is 6.37. The van der Waals surface area contributed by atoms with Crippen molar-refractivity contribution in [2.45, 2.75) is 51.8 Å². The molecule has 6 heteroatoms. The summed E-state index contributed by atoms with van der Waals surface area (Å²) in [5, 5.41) is 19.4. The summed E-state index contributed by atoms with van der Waals surface area (Å²) in [6.45, 7) is 8.58. The van der Waals surface area contributed by atoms with Crippen LogP contribution in [0.5, 0.6) is 0 Å². The minimum absolute atomic E-state index is 0.248. The highest BCUT2D eigenvalue weighted by Gasteiger charge is 2.37. The third-order valence-corrected chi connectivity index (χ3v) is 4.61. The first-order valence-corrected chi connectivity index (χ1v) is 8.24. The predicted molar refractivity (Wildman–Crippen MR) is 87.8 cm³/mol. The fourth-order valence-corrected chi connectivity index (χ4v) is 3.11. The van der Waals surface area contributed by atoms with Crippen LogP contribution >= 0.6 is 0 Å². The van der Waals surface area contributed by atoms with Crippen molar-refractivity contribution >= 4 is 0 Å². The van der Waals surface area contributed by atoms with Gasteiger partial charge in [0.25, 0.3) is 0 Å². The Hall–Kier alpha value is -1.79. The largest absolute Gasteiger partial charge is 0.382 e. The van der Waals surface area contributed by atoms with Gasteiger partial charge in [0.2, 0.25) is 0 Å². The van der Waals surface area contributed by atoms with Crippen LogP contribution in [0.25, 0.3) is 0 Å². The molecule has 23 heavy (non-hydrogen) atoms. The topological polar surface area (TPSA) is 67.1 Å². The normalized spacial score (nSPS) is 22.7. The number of hydrogen-bond acceptors (Lipinski definition) is 5. The number of β-amino-alcohol motifs (C(OH)–C–C–N with tert-alkyl or cyclic N) is 1. The number of piperidine rings is 1. The van der Waals surface area contributed by atoms with Crippen molar-refractivity contribution in [2.24, 2.45) is 0 Å². The van der Waals surface area contributed by atoms with Gasteiger partial charge in [0.1, 0.15) is 11.3 Å². The smallest absolute Gasteiger partial charge is 0.123 e. The Morgan fingerprint density at radius 1 is 1.39 bits per heavy atom. The maximum atomic E-state index is 11.1. The van der Waals surface area contributed by atoms with Crippen LogP contribution in [0, 0.1) is 6.92 Å². The van der Waals surface area contributed by atoms with Crippen LogP contribution in [-0.2, 0) is 12.1 Å². The highest BCUT2D eigenvalue weighted by molar-refractivity contribution is 5.21. The highest BCUT2D eigenvalue weighted by atomic mass is 16.3. The zero-order chi connectivity index (χ0) is 16.4. The number of aromatic nitrogens is 4. The summed E-state index contributed by atoms with van der Waals surface area (Å²) in [6, 6.07) is 2.28. The molecule has 0 radical (unpaired) electrons. The SMILES string of the molecule is Cc1ccncc1CN1CCCC(O)(c2cn(C(C)C)nn2)C1. The molecular weight excluding hydrogens is 290 g/mol. The van der Waals surface area contributed by atoms with Crippen molar-refractivity contribution in [3.05, 3.63) is 41.5 Å². The first kappa shape index (κ1) is 16.1. The Balaban J connectivity index is 1.75. The number of hydrogen-bond donors (Lipinski definition) is 1. The van der Waals surface area contributed by atoms with E-state index in [4.69, 9.17) is 0 Å². The van der Waals surface area contributed by atoms with Gasteiger partial charge in [0.05, 0.1) is 6.20 Å². The number of rotatable bonds is 4. The summed E-state index contributed by atoms with van der Waals surface area (Å²) in [4.78, 5) is 6.49. The molecule has 0 spiro atoms. The number of pyridine rings is 1. The molecule has 1 unspecified atom stereocenters. The molecule has 2 aromatic rings. The van der Waals surface area contributed by atoms with E-state index in [-0.39, 0.29) is 6.04 Å². The molecule has 0 aliphatic carbocycles. The lowest BCUT2D eigenvalue weighted by molar-refractivity contribution is -0.0415. The number of aliphatic hydroxyl groups is 1. The van der Waals surface area contributed by atoms with Crippen molar-refractivity contribution in [2.75, 3.05) is 13.1 Å². The lowest BCUT2D eigenvalue weighted by atomic mass is 9.89. The summed E-state index contributed by atoms with van der Waals surface area (Å²) >= 11 is 0. The van der Waals surface area contributed by atoms with Gasteiger partial charge in [-0.15, -0.1) is 5.10 Å². The van der Waals surface area contributed by atoms with Crippen molar-refractivity contribution in [1.29, 1.82) is 0 Å². The highest BCUT2D eigenvalue weighted by Crippen LogP contribution is 2.31. The van der Waals surface area contributed by atoms with Gasteiger partial charge in [0.15, 0.2) is 0 Å². The number of likely N-dealkylation sites (tertiary alicyclic amines) is 1. The molecule has 1 aliphatic rings. The average molecular weight is 315 g/mol. The Labute approximate surface area is 137 Å². The predicted octanol–water partition coefficient (Wildman–Crippen LogP) is 2.05. The lowest BCUT2D eigenvalue weighted by Crippen LogP contribution is -2.46. The van der Waals surface area contributed by atoms with E-state index in [9.17, 15) is 5.11 Å². The quantitative estimate of drug-likeness (QED) is 0.935. The molecule has 3 rings (SSSR count). The molecule has 0 aromatic carbocycles. The van der Waals surface area contributed by atoms with Gasteiger partial charge < -0.3 is 5.11 Å². The fraction of sp³-hybridized carbons (Fsp3) is 0.588. The standard InChI is InChI=1S/C17H25N5O/c1-13(2)22-11-16(19-20-22)17(23)6-4-8-21(12-17)10-15-9-18-7-5-14(15)3/h5,7,9,11,13,23H,4,6,8,10,12H2,1-3H3. The Morgan fingerprint density at radius 2 is 2.22 bits per heavy atom. The van der Waals surface area contributed by atoms with Crippen molar-refractivity contribution in [3.63, 3.8) is 0 Å². The molecule has 0 amide bonds. The molecule has 1 fully saturated rings. The van der Waals surface area contributed by atoms with Gasteiger partial charge in [-0.25, -0.2) is 4.68 Å². The summed E-state index contributed by atoms with van der Waals surface area (Å²) in [6.07, 6.45) is 7.29. The molecular formula is C17H25N5O. The Bertz CT molecular complexity index is 669. The minimum atomic E-state index is -0.915. The van der Waals surface area contributed by atoms with Crippen LogP contribution in [0.4, 0.5) is 0 Å². The zero-order valence-corrected chi connectivity index (χ0v) is 14.1. The molecule has 2 aromatic heterocycles. The monoisotopic (exact) mass is 315 g/mol. The third-order valence-electron chi connectivity index (χ3n) is 4.61. The van der Waals surface area contributed by atoms with Crippen LogP contribution in [0.15, 0.2) is 24.7 Å². The minimum Gasteiger partial charge on any atom is -0.382 e. The number of aryl methyl sites for hydroxylation is 1. The van der Waals surface area contributed by atoms with Gasteiger partial charge in [-0.05, 0) is 57.4 Å². The van der Waals surface area contributed by atoms with E-state index in [0.717, 1.165) is 25.9 Å². The first-order valence-electron chi connectivity index (χ1n) is 8.24. The molecule has 1 atom stereocenters. The van der Waals surface area contributed by atoms with Gasteiger partial charge in [-0.3, -0.25) is 9.88 Å². The molecule has 1 saturated heterocycles. The van der Waals surface area contributed by atoms with Gasteiger partial charge >= 0.3 is 0 Å². The molecule has 0 saturated carbocycles. The molecule has 1 N–H and O–H groups in total. The second-order valence-corrected chi connectivity index (χ2v) is 6.83. The van der Waals surface area contributed by atoms with Crippen molar-refractivity contribution in [3.8, 4) is 0 Å². The third kappa shape index (κ3) is 3.43. The van der Waals surface area contributed by atoms with Gasteiger partial charge in [-0.2, -0.15) is 0 Å². The van der Waals surface area contributed by atoms with Crippen LogP contribution < -0.4 is 0 Å². The van der Waals surface area contributed by atoms with E-state index in [1.807, 2.05) is 24.7 Å². The van der Waals surface area contributed by atoms with Crippen molar-refractivity contribution < 1.29 is 5.11 Å². The van der Waals surface area contributed by atoms with E-state index in [1.165, 1.54) is 11.1 Å². The molecule has 0 bridgehead atoms. The summed E-state index contributed by atoms with van der Waals surface area (Å²) in [5.74, 6) is 0. The molecule has 1 aliphatic heterocycles. The maximum absolute atomic E-state index is 11.1. The van der Waals surface area contributed by atoms with E-state index in [0.29, 0.717) is 12.2 Å². The zero-order valence-electron chi connectivity index (χ0n) is 14.1. The fourth-order valence-electron chi connectivity index (χ4n) is 3.11. The van der Waals surface area contributed by atoms with Gasteiger partial charge in [0, 0.05) is 31.5 Å². The number of nitrogens with zero attached hydrogens (tertiary/aromatic N) is 5. The maximum Gasteiger partial charge on any atom is 0.123 e. The Kier molecular flexibility index (Phi) is 4.46. The average Bonchev–Trinajstić information content (AvgIpc) is 3.01. The van der Waals surface area contributed by atoms with E-state index >= 15 is 0 Å². The summed E-state index contributed by atoms with van der Waals surface area (Å²) < 4.78 is 1.80. The summed E-state index contributed by atoms with van der Waals surface area (Å²) in [5.41, 5.74) is 2.21. The Morgan fingerprint density at radius 3 is 2.91 bits per heavy atom. The van der Waals surface area contributed by atoms with Crippen LogP contribution in [0.3, 0.4) is 0 Å². The van der Waals surface area contributed by atoms with Crippen molar-refractivity contribution in [1.82, 2.24) is 24.9 Å². The first-order chi connectivity index (χ1) is 11.0. The molecule has 6 nitrogen and oxygen atoms in total. The van der Waals surface area contributed by atoms with Crippen LogP contribution in [0.2, 0.25) is 0 Å². The molecule has 3 heterocycles. The summed E-state index contributed by atoms with van der Waals surface area (Å²) in [7, 11) is 0. The van der Waals surface area contributed by atoms with E-state index in [1.54, 1.807) is 4.68 Å². The van der Waals surface area contributed by atoms with E-state index < -0.39 is 5.60 Å². The van der Waals surface area contributed by atoms with Gasteiger partial charge in [-0.1, -0.05) is 5.21 Å².